The fourth-order valence-electron chi connectivity index (χ4n) is 5.99. The zero-order valence-corrected chi connectivity index (χ0v) is 33.1. The highest BCUT2D eigenvalue weighted by Gasteiger charge is 2.25. The van der Waals surface area contributed by atoms with E-state index < -0.39 is 141 Å². The Hall–Kier alpha value is -9.87. The second-order valence-corrected chi connectivity index (χ2v) is 13.5. The molecule has 0 aromatic heterocycles. The monoisotopic (exact) mass is 915 g/mol. The molecule has 15 N–H and O–H groups in total. The summed E-state index contributed by atoms with van der Waals surface area (Å²) in [4.78, 5) is 105. The Morgan fingerprint density at radius 3 is 1.08 bits per heavy atom. The van der Waals surface area contributed by atoms with Crippen LogP contribution in [0.1, 0.15) is 78.8 Å². The molecular formula is C42H33N3O21. The van der Waals surface area contributed by atoms with Gasteiger partial charge in [0.2, 0.25) is 0 Å². The van der Waals surface area contributed by atoms with Gasteiger partial charge in [0.05, 0.1) is 58.3 Å². The molecule has 0 spiro atoms. The van der Waals surface area contributed by atoms with Crippen LogP contribution < -0.4 is 16.0 Å². The van der Waals surface area contributed by atoms with Crippen molar-refractivity contribution in [2.75, 3.05) is 16.0 Å². The molecule has 24 heteroatoms. The number of nitrogens with one attached hydrogen (secondary N) is 3. The summed E-state index contributed by atoms with van der Waals surface area (Å²) in [7, 11) is 0. The predicted molar refractivity (Wildman–Crippen MR) is 221 cm³/mol. The van der Waals surface area contributed by atoms with Crippen molar-refractivity contribution in [2.24, 2.45) is 0 Å². The molecule has 66 heavy (non-hydrogen) atoms. The first-order valence-corrected chi connectivity index (χ1v) is 18.1. The second-order valence-electron chi connectivity index (χ2n) is 13.5. The first kappa shape index (κ1) is 48.8. The van der Waals surface area contributed by atoms with Gasteiger partial charge in [-0.2, -0.15) is 0 Å². The average molecular weight is 916 g/mol. The Kier molecular flexibility index (Phi) is 15.0. The fraction of sp³-hybridized carbons (Fsp3) is 0.0714. The van der Waals surface area contributed by atoms with Crippen LogP contribution in [0.15, 0.2) is 72.8 Å². The molecule has 0 atom stereocenters. The number of hydrogen-bond acceptors (Lipinski definition) is 15. The van der Waals surface area contributed by atoms with Crippen LogP contribution in [0.5, 0.6) is 34.5 Å². The third kappa shape index (κ3) is 12.2. The van der Waals surface area contributed by atoms with E-state index in [2.05, 4.69) is 16.0 Å². The van der Waals surface area contributed by atoms with Crippen LogP contribution in [0.25, 0.3) is 0 Å². The largest absolute Gasteiger partial charge is 0.508 e. The number of carbonyl (C=O) groups is 9. The van der Waals surface area contributed by atoms with E-state index in [0.717, 1.165) is 66.7 Å². The number of anilines is 3. The number of carboxylic acids is 6. The van der Waals surface area contributed by atoms with Gasteiger partial charge in [0.1, 0.15) is 34.5 Å². The third-order valence-electron chi connectivity index (χ3n) is 8.73. The number of hydrogen-bond donors (Lipinski definition) is 15. The Balaban J connectivity index is 0.000000309. The van der Waals surface area contributed by atoms with Gasteiger partial charge in [-0.25, -0.2) is 14.4 Å². The zero-order chi connectivity index (χ0) is 49.3. The lowest BCUT2D eigenvalue weighted by molar-refractivity contribution is -0.137. The molecule has 0 aliphatic heterocycles. The number of aromatic hydroxyl groups is 6. The Morgan fingerprint density at radius 1 is 0.394 bits per heavy atom. The summed E-state index contributed by atoms with van der Waals surface area (Å²) in [5.41, 5.74) is -4.71. The fourth-order valence-corrected chi connectivity index (χ4v) is 5.99. The van der Waals surface area contributed by atoms with Crippen molar-refractivity contribution in [1.82, 2.24) is 0 Å². The van der Waals surface area contributed by atoms with Crippen molar-refractivity contribution >= 4 is 70.6 Å². The molecule has 0 fully saturated rings. The van der Waals surface area contributed by atoms with Crippen molar-refractivity contribution in [3.8, 4) is 34.5 Å². The Labute approximate surface area is 367 Å². The molecular weight excluding hydrogens is 882 g/mol. The summed E-state index contributed by atoms with van der Waals surface area (Å²) in [6, 6.07) is 12.0. The molecule has 0 bridgehead atoms. The van der Waals surface area contributed by atoms with E-state index in [4.69, 9.17) is 20.4 Å². The second kappa shape index (κ2) is 20.3. The molecule has 0 saturated carbocycles. The maximum Gasteiger partial charge on any atom is 0.338 e. The molecule has 0 radical (unpaired) electrons. The molecule has 5 rings (SSSR count). The highest BCUT2D eigenvalue weighted by molar-refractivity contribution is 6.13. The van der Waals surface area contributed by atoms with E-state index in [-0.39, 0.29) is 33.8 Å². The standard InChI is InChI=1S/C25H20N2O12.C17H13NO9/c28-15-3-10(5-19(30)31)21(34)17(8-15)23(36)26-13-1-12(25(38)39)2-14(7-13)27-24(37)18-9-16(29)4-11(22(18)35)6-20(32)33;19-8-4-7(5-12(20)21)14(22)10(6-8)15(23)18-11-3-1-2-9(16(24)25)13(11)17(26)27/h1-4,7-9,28-29,34-35H,5-6H2,(H,26,36)(H,27,37)(H,30,31)(H,32,33)(H,38,39);1-4,6,19,22H,5H2,(H,18,23)(H,20,21)(H,24,25)(H,26,27). The third-order valence-corrected chi connectivity index (χ3v) is 8.73. The van der Waals surface area contributed by atoms with Crippen LogP contribution >= 0.6 is 0 Å². The number of carbonyl (C=O) groups excluding carboxylic acids is 3. The molecule has 5 aromatic carbocycles. The summed E-state index contributed by atoms with van der Waals surface area (Å²) < 4.78 is 0. The highest BCUT2D eigenvalue weighted by atomic mass is 16.4. The average Bonchev–Trinajstić information content (AvgIpc) is 3.20. The van der Waals surface area contributed by atoms with Gasteiger partial charge >= 0.3 is 35.8 Å². The molecule has 342 valence electrons. The summed E-state index contributed by atoms with van der Waals surface area (Å²) in [6.07, 6.45) is -2.09. The number of amides is 3. The lowest BCUT2D eigenvalue weighted by Crippen LogP contribution is -2.18. The molecule has 0 heterocycles. The minimum absolute atomic E-state index is 0.204. The number of carboxylic acid groups (broad SMARTS) is 6. The topological polar surface area (TPSA) is 432 Å². The molecule has 0 saturated heterocycles. The van der Waals surface area contributed by atoms with E-state index in [9.17, 15) is 84.0 Å². The number of aromatic carboxylic acids is 3. The first-order chi connectivity index (χ1) is 30.9. The summed E-state index contributed by atoms with van der Waals surface area (Å²) >= 11 is 0. The van der Waals surface area contributed by atoms with Gasteiger partial charge in [0, 0.05) is 28.1 Å². The van der Waals surface area contributed by atoms with E-state index in [1.54, 1.807) is 0 Å². The van der Waals surface area contributed by atoms with Crippen LogP contribution in [0.4, 0.5) is 17.1 Å². The Morgan fingerprint density at radius 2 is 0.758 bits per heavy atom. The number of phenolic OH excluding ortho intramolecular Hbond substituents is 6. The molecule has 0 unspecified atom stereocenters. The van der Waals surface area contributed by atoms with Gasteiger partial charge in [0.15, 0.2) is 0 Å². The van der Waals surface area contributed by atoms with Gasteiger partial charge in [-0.1, -0.05) is 6.07 Å². The van der Waals surface area contributed by atoms with Gasteiger partial charge in [0.25, 0.3) is 17.7 Å². The number of phenols is 6. The first-order valence-electron chi connectivity index (χ1n) is 18.1. The quantitative estimate of drug-likeness (QED) is 0.0669. The normalized spacial score (nSPS) is 10.4. The summed E-state index contributed by atoms with van der Waals surface area (Å²) in [6.45, 7) is 0. The van der Waals surface area contributed by atoms with Gasteiger partial charge in [-0.3, -0.25) is 28.8 Å². The van der Waals surface area contributed by atoms with Crippen LogP contribution in [0.3, 0.4) is 0 Å². The predicted octanol–water partition coefficient (Wildman–Crippen LogP) is 3.34. The van der Waals surface area contributed by atoms with E-state index in [0.29, 0.717) is 0 Å². The van der Waals surface area contributed by atoms with E-state index >= 15 is 0 Å². The van der Waals surface area contributed by atoms with Crippen molar-refractivity contribution in [2.45, 2.75) is 19.3 Å². The lowest BCUT2D eigenvalue weighted by atomic mass is 10.0. The highest BCUT2D eigenvalue weighted by Crippen LogP contribution is 2.33. The van der Waals surface area contributed by atoms with Crippen molar-refractivity contribution in [1.29, 1.82) is 0 Å². The van der Waals surface area contributed by atoms with Gasteiger partial charge < -0.3 is 77.2 Å². The van der Waals surface area contributed by atoms with Crippen molar-refractivity contribution in [3.05, 3.63) is 123 Å². The zero-order valence-electron chi connectivity index (χ0n) is 33.1. The van der Waals surface area contributed by atoms with Crippen molar-refractivity contribution < 1.29 is 104 Å². The smallest absolute Gasteiger partial charge is 0.338 e. The van der Waals surface area contributed by atoms with Crippen LogP contribution in [0.2, 0.25) is 0 Å². The van der Waals surface area contributed by atoms with Crippen molar-refractivity contribution in [3.63, 3.8) is 0 Å². The molecule has 5 aromatic rings. The number of rotatable bonds is 15. The van der Waals surface area contributed by atoms with Crippen LogP contribution in [0, 0.1) is 0 Å². The lowest BCUT2D eigenvalue weighted by Gasteiger charge is -2.14. The minimum atomic E-state index is -1.60. The maximum absolute atomic E-state index is 12.8. The molecule has 3 amide bonds. The number of benzene rings is 5. The molecule has 24 nitrogen and oxygen atoms in total. The molecule has 0 aliphatic rings. The van der Waals surface area contributed by atoms with Crippen LogP contribution in [-0.4, -0.2) is 115 Å². The SMILES string of the molecule is O=C(O)Cc1cc(O)cc(C(=O)Nc2cc(NC(=O)c3cc(O)cc(CC(=O)O)c3O)cc(C(=O)O)c2)c1O.O=C(O)Cc1cc(O)cc(C(=O)Nc2cccc(C(=O)O)c2C(=O)O)c1O. The summed E-state index contributed by atoms with van der Waals surface area (Å²) in [5.74, 6) is -15.5. The summed E-state index contributed by atoms with van der Waals surface area (Å²) in [5, 5.41) is 121. The van der Waals surface area contributed by atoms with Gasteiger partial charge in [-0.05, 0) is 66.7 Å². The van der Waals surface area contributed by atoms with Gasteiger partial charge in [-0.15, -0.1) is 0 Å². The minimum Gasteiger partial charge on any atom is -0.508 e. The maximum atomic E-state index is 12.8. The van der Waals surface area contributed by atoms with E-state index in [1.165, 1.54) is 6.07 Å². The van der Waals surface area contributed by atoms with Crippen LogP contribution in [-0.2, 0) is 33.6 Å². The number of aliphatic carboxylic acids is 3. The Bertz CT molecular complexity index is 2770. The molecule has 0 aliphatic carbocycles. The van der Waals surface area contributed by atoms with E-state index in [1.807, 2.05) is 0 Å².